The quantitative estimate of drug-likeness (QED) is 0.378. The molecule has 148 valence electrons. The normalized spacial score (nSPS) is 10.5. The second kappa shape index (κ2) is 8.42. The number of anilines is 1. The molecule has 0 fully saturated rings. The molecule has 10 heteroatoms. The average molecular weight is 439 g/mol. The summed E-state index contributed by atoms with van der Waals surface area (Å²) in [6, 6.07) is 11.8. The Bertz CT molecular complexity index is 1130. The number of nitrogens with zero attached hydrogens (tertiary/aromatic N) is 1. The third-order valence-electron chi connectivity index (χ3n) is 3.74. The van der Waals surface area contributed by atoms with Gasteiger partial charge < -0.3 is 10.1 Å². The molecule has 0 saturated heterocycles. The van der Waals surface area contributed by atoms with Gasteiger partial charge in [-0.2, -0.15) is 4.39 Å². The van der Waals surface area contributed by atoms with Crippen molar-refractivity contribution in [1.29, 1.82) is 0 Å². The van der Waals surface area contributed by atoms with Gasteiger partial charge in [0.2, 0.25) is 5.82 Å². The number of nitrogens with one attached hydrogen (secondary N) is 1. The fraction of sp³-hybridized carbons (Fsp3) is 0. The molecule has 6 nitrogen and oxygen atoms in total. The average Bonchev–Trinajstić information content (AvgIpc) is 2.65. The molecular formula is C19H10Cl2F2N2O4. The van der Waals surface area contributed by atoms with E-state index in [1.165, 1.54) is 30.3 Å². The Labute approximate surface area is 172 Å². The first kappa shape index (κ1) is 20.5. The van der Waals surface area contributed by atoms with Crippen molar-refractivity contribution in [2.45, 2.75) is 0 Å². The lowest BCUT2D eigenvalue weighted by molar-refractivity contribution is -0.387. The molecule has 0 atom stereocenters. The molecule has 3 aromatic carbocycles. The van der Waals surface area contributed by atoms with E-state index in [1.54, 1.807) is 12.1 Å². The van der Waals surface area contributed by atoms with Crippen LogP contribution in [-0.2, 0) is 0 Å². The predicted octanol–water partition coefficient (Wildman–Crippen LogP) is 6.22. The summed E-state index contributed by atoms with van der Waals surface area (Å²) in [4.78, 5) is 22.2. The molecule has 0 radical (unpaired) electrons. The zero-order chi connectivity index (χ0) is 21.1. The summed E-state index contributed by atoms with van der Waals surface area (Å²) in [7, 11) is 0. The van der Waals surface area contributed by atoms with Gasteiger partial charge in [-0.05, 0) is 36.4 Å². The van der Waals surface area contributed by atoms with Gasteiger partial charge in [-0.3, -0.25) is 14.9 Å². The molecular weight excluding hydrogens is 429 g/mol. The summed E-state index contributed by atoms with van der Waals surface area (Å²) >= 11 is 11.9. The lowest BCUT2D eigenvalue weighted by atomic mass is 10.1. The maximum atomic E-state index is 14.3. The molecule has 3 rings (SSSR count). The lowest BCUT2D eigenvalue weighted by Gasteiger charge is -2.13. The van der Waals surface area contributed by atoms with Crippen LogP contribution in [0, 0.1) is 21.7 Å². The fourth-order valence-electron chi connectivity index (χ4n) is 2.41. The number of rotatable bonds is 5. The first-order valence-corrected chi connectivity index (χ1v) is 8.69. The van der Waals surface area contributed by atoms with Gasteiger partial charge in [0.15, 0.2) is 5.75 Å². The summed E-state index contributed by atoms with van der Waals surface area (Å²) in [6.07, 6.45) is 0. The third kappa shape index (κ3) is 4.44. The number of hydrogen-bond acceptors (Lipinski definition) is 4. The minimum Gasteiger partial charge on any atom is -0.454 e. The van der Waals surface area contributed by atoms with Gasteiger partial charge in [0, 0.05) is 11.1 Å². The Morgan fingerprint density at radius 1 is 1.03 bits per heavy atom. The zero-order valence-corrected chi connectivity index (χ0v) is 15.8. The highest BCUT2D eigenvalue weighted by atomic mass is 35.5. The molecule has 3 aromatic rings. The molecule has 0 bridgehead atoms. The van der Waals surface area contributed by atoms with Crippen LogP contribution in [0.15, 0.2) is 54.6 Å². The number of nitro groups is 1. The molecule has 1 amide bonds. The number of carbonyl (C=O) groups excluding carboxylic acids is 1. The molecule has 0 unspecified atom stereocenters. The highest BCUT2D eigenvalue weighted by Gasteiger charge is 2.26. The number of carbonyl (C=O) groups is 1. The van der Waals surface area contributed by atoms with Crippen LogP contribution < -0.4 is 10.1 Å². The van der Waals surface area contributed by atoms with Crippen LogP contribution in [0.4, 0.5) is 20.2 Å². The molecule has 0 heterocycles. The Kier molecular flexibility index (Phi) is 5.95. The highest BCUT2D eigenvalue weighted by Crippen LogP contribution is 2.35. The number of hydrogen-bond donors (Lipinski definition) is 1. The number of halogens is 4. The van der Waals surface area contributed by atoms with Gasteiger partial charge in [-0.1, -0.05) is 35.3 Å². The van der Waals surface area contributed by atoms with Crippen LogP contribution in [0.3, 0.4) is 0 Å². The van der Waals surface area contributed by atoms with E-state index < -0.39 is 33.7 Å². The standard InChI is InChI=1S/C19H10Cl2F2N2O4/c20-10-5-8-15(11(21)9-10)29-16-4-2-1-3-13(16)24-19(26)17-12(22)6-7-14(18(17)23)25(27)28/h1-9H,(H,24,26). The van der Waals surface area contributed by atoms with Crippen molar-refractivity contribution < 1.29 is 23.2 Å². The SMILES string of the molecule is O=C(Nc1ccccc1Oc1ccc(Cl)cc1Cl)c1c(F)ccc([N+](=O)[O-])c1F. The maximum Gasteiger partial charge on any atom is 0.305 e. The minimum absolute atomic E-state index is 0.0637. The largest absolute Gasteiger partial charge is 0.454 e. The Morgan fingerprint density at radius 3 is 2.45 bits per heavy atom. The molecule has 0 aliphatic rings. The highest BCUT2D eigenvalue weighted by molar-refractivity contribution is 6.35. The van der Waals surface area contributed by atoms with Gasteiger partial charge in [0.25, 0.3) is 5.91 Å². The zero-order valence-electron chi connectivity index (χ0n) is 14.3. The van der Waals surface area contributed by atoms with Crippen LogP contribution in [0.1, 0.15) is 10.4 Å². The molecule has 0 spiro atoms. The van der Waals surface area contributed by atoms with Crippen molar-refractivity contribution in [3.63, 3.8) is 0 Å². The smallest absolute Gasteiger partial charge is 0.305 e. The molecule has 0 saturated carbocycles. The number of benzene rings is 3. The van der Waals surface area contributed by atoms with Crippen LogP contribution in [-0.4, -0.2) is 10.8 Å². The maximum absolute atomic E-state index is 14.3. The molecule has 0 aliphatic heterocycles. The first-order valence-electron chi connectivity index (χ1n) is 7.93. The Balaban J connectivity index is 1.93. The van der Waals surface area contributed by atoms with Crippen LogP contribution in [0.5, 0.6) is 11.5 Å². The van der Waals surface area contributed by atoms with E-state index in [9.17, 15) is 23.7 Å². The van der Waals surface area contributed by atoms with Crippen LogP contribution in [0.2, 0.25) is 10.0 Å². The van der Waals surface area contributed by atoms with Crippen LogP contribution in [0.25, 0.3) is 0 Å². The van der Waals surface area contributed by atoms with Crippen LogP contribution >= 0.6 is 23.2 Å². The topological polar surface area (TPSA) is 81.5 Å². The summed E-state index contributed by atoms with van der Waals surface area (Å²) in [5, 5.41) is 13.7. The van der Waals surface area contributed by atoms with Gasteiger partial charge in [-0.15, -0.1) is 0 Å². The summed E-state index contributed by atoms with van der Waals surface area (Å²) < 4.78 is 33.9. The summed E-state index contributed by atoms with van der Waals surface area (Å²) in [5.41, 5.74) is -2.04. The first-order chi connectivity index (χ1) is 13.8. The number of para-hydroxylation sites is 2. The van der Waals surface area contributed by atoms with E-state index in [1.807, 2.05) is 0 Å². The van der Waals surface area contributed by atoms with Crippen molar-refractivity contribution in [3.8, 4) is 11.5 Å². The van der Waals surface area contributed by atoms with Crippen molar-refractivity contribution in [1.82, 2.24) is 0 Å². The third-order valence-corrected chi connectivity index (χ3v) is 4.27. The molecule has 29 heavy (non-hydrogen) atoms. The van der Waals surface area contributed by atoms with Crippen molar-refractivity contribution in [2.24, 2.45) is 0 Å². The number of nitro benzene ring substituents is 1. The molecule has 1 N–H and O–H groups in total. The monoisotopic (exact) mass is 438 g/mol. The Hall–Kier alpha value is -3.23. The molecule has 0 aromatic heterocycles. The number of ether oxygens (including phenoxy) is 1. The van der Waals surface area contributed by atoms with Gasteiger partial charge in [0.1, 0.15) is 17.1 Å². The predicted molar refractivity (Wildman–Crippen MR) is 104 cm³/mol. The minimum atomic E-state index is -1.58. The van der Waals surface area contributed by atoms with Crippen molar-refractivity contribution in [2.75, 3.05) is 5.32 Å². The van der Waals surface area contributed by atoms with E-state index in [2.05, 4.69) is 5.32 Å². The van der Waals surface area contributed by atoms with Gasteiger partial charge >= 0.3 is 5.69 Å². The van der Waals surface area contributed by atoms with Gasteiger partial charge in [-0.25, -0.2) is 4.39 Å². The second-order valence-corrected chi connectivity index (χ2v) is 6.48. The summed E-state index contributed by atoms with van der Waals surface area (Å²) in [5.74, 6) is -3.69. The van der Waals surface area contributed by atoms with E-state index in [0.29, 0.717) is 17.2 Å². The fourth-order valence-corrected chi connectivity index (χ4v) is 2.86. The Morgan fingerprint density at radius 2 is 1.76 bits per heavy atom. The van der Waals surface area contributed by atoms with Gasteiger partial charge in [0.05, 0.1) is 15.6 Å². The van der Waals surface area contributed by atoms with E-state index in [-0.39, 0.29) is 22.2 Å². The van der Waals surface area contributed by atoms with Crippen molar-refractivity contribution in [3.05, 3.63) is 92.0 Å². The van der Waals surface area contributed by atoms with Crippen molar-refractivity contribution >= 4 is 40.5 Å². The number of amides is 1. The van der Waals surface area contributed by atoms with E-state index >= 15 is 0 Å². The van der Waals surface area contributed by atoms with E-state index in [0.717, 1.165) is 0 Å². The lowest BCUT2D eigenvalue weighted by Crippen LogP contribution is -2.17. The summed E-state index contributed by atoms with van der Waals surface area (Å²) in [6.45, 7) is 0. The van der Waals surface area contributed by atoms with E-state index in [4.69, 9.17) is 27.9 Å². The second-order valence-electron chi connectivity index (χ2n) is 5.64. The molecule has 0 aliphatic carbocycles.